The molecule has 1 fully saturated rings. The number of carboxylic acid groups (broad SMARTS) is 1. The van der Waals surface area contributed by atoms with Gasteiger partial charge in [0.2, 0.25) is 0 Å². The van der Waals surface area contributed by atoms with E-state index in [-0.39, 0.29) is 6.61 Å². The van der Waals surface area contributed by atoms with E-state index in [0.29, 0.717) is 19.4 Å². The van der Waals surface area contributed by atoms with Crippen molar-refractivity contribution < 1.29 is 15.0 Å². The quantitative estimate of drug-likeness (QED) is 0.657. The van der Waals surface area contributed by atoms with E-state index in [1.165, 1.54) is 6.42 Å². The average molecular weight is 215 g/mol. The Labute approximate surface area is 90.7 Å². The van der Waals surface area contributed by atoms with Gasteiger partial charge in [-0.15, -0.1) is 0 Å². The molecule has 1 rings (SSSR count). The number of hydrogen-bond acceptors (Lipinski definition) is 3. The van der Waals surface area contributed by atoms with Crippen molar-refractivity contribution in [2.24, 2.45) is 0 Å². The van der Waals surface area contributed by atoms with Crippen molar-refractivity contribution in [3.8, 4) is 0 Å². The lowest BCUT2D eigenvalue weighted by Crippen LogP contribution is -2.53. The molecule has 0 aromatic rings. The van der Waals surface area contributed by atoms with Gasteiger partial charge in [-0.3, -0.25) is 10.1 Å². The maximum absolute atomic E-state index is 11.3. The van der Waals surface area contributed by atoms with Gasteiger partial charge in [-0.05, 0) is 12.8 Å². The SMILES string of the molecule is O=C(O)C1(NCCO)CCCCCCC1. The van der Waals surface area contributed by atoms with E-state index in [2.05, 4.69) is 5.32 Å². The van der Waals surface area contributed by atoms with Gasteiger partial charge in [0.1, 0.15) is 5.54 Å². The molecule has 0 atom stereocenters. The molecule has 0 aromatic heterocycles. The molecule has 0 amide bonds. The van der Waals surface area contributed by atoms with E-state index in [0.717, 1.165) is 25.7 Å². The Hall–Kier alpha value is -0.610. The van der Waals surface area contributed by atoms with Crippen molar-refractivity contribution in [3.05, 3.63) is 0 Å². The largest absolute Gasteiger partial charge is 0.480 e. The molecule has 0 aliphatic heterocycles. The summed E-state index contributed by atoms with van der Waals surface area (Å²) in [6, 6.07) is 0. The van der Waals surface area contributed by atoms with E-state index in [4.69, 9.17) is 5.11 Å². The first kappa shape index (κ1) is 12.5. The molecule has 15 heavy (non-hydrogen) atoms. The molecule has 1 aliphatic rings. The van der Waals surface area contributed by atoms with Gasteiger partial charge in [0.25, 0.3) is 0 Å². The molecule has 0 aromatic carbocycles. The zero-order valence-electron chi connectivity index (χ0n) is 9.17. The third-order valence-corrected chi connectivity index (χ3v) is 3.19. The smallest absolute Gasteiger partial charge is 0.323 e. The van der Waals surface area contributed by atoms with Gasteiger partial charge in [0.15, 0.2) is 0 Å². The van der Waals surface area contributed by atoms with E-state index >= 15 is 0 Å². The number of carbonyl (C=O) groups is 1. The second kappa shape index (κ2) is 6.08. The van der Waals surface area contributed by atoms with E-state index in [1.54, 1.807) is 0 Å². The molecule has 0 heterocycles. The lowest BCUT2D eigenvalue weighted by atomic mass is 9.84. The van der Waals surface area contributed by atoms with Crippen molar-refractivity contribution in [1.29, 1.82) is 0 Å². The minimum absolute atomic E-state index is 0.00493. The summed E-state index contributed by atoms with van der Waals surface area (Å²) in [5, 5.41) is 21.1. The number of rotatable bonds is 4. The zero-order valence-corrected chi connectivity index (χ0v) is 9.17. The molecule has 4 nitrogen and oxygen atoms in total. The molecule has 1 saturated carbocycles. The lowest BCUT2D eigenvalue weighted by Gasteiger charge is -2.32. The molecule has 1 aliphatic carbocycles. The minimum atomic E-state index is -0.789. The third kappa shape index (κ3) is 3.47. The molecule has 3 N–H and O–H groups in total. The predicted octanol–water partition coefficient (Wildman–Crippen LogP) is 1.14. The van der Waals surface area contributed by atoms with Crippen LogP contribution in [0.1, 0.15) is 44.9 Å². The van der Waals surface area contributed by atoms with E-state index in [9.17, 15) is 9.90 Å². The monoisotopic (exact) mass is 215 g/mol. The number of aliphatic carboxylic acids is 1. The van der Waals surface area contributed by atoms with Crippen LogP contribution >= 0.6 is 0 Å². The Morgan fingerprint density at radius 2 is 1.67 bits per heavy atom. The predicted molar refractivity (Wildman–Crippen MR) is 57.8 cm³/mol. The summed E-state index contributed by atoms with van der Waals surface area (Å²) in [6.45, 7) is 0.362. The van der Waals surface area contributed by atoms with Crippen LogP contribution in [0.15, 0.2) is 0 Å². The fourth-order valence-corrected chi connectivity index (χ4v) is 2.27. The Balaban J connectivity index is 2.62. The summed E-state index contributed by atoms with van der Waals surface area (Å²) in [5.74, 6) is -0.766. The second-order valence-electron chi connectivity index (χ2n) is 4.31. The van der Waals surface area contributed by atoms with Gasteiger partial charge in [-0.1, -0.05) is 32.1 Å². The van der Waals surface area contributed by atoms with Gasteiger partial charge in [0.05, 0.1) is 6.61 Å². The summed E-state index contributed by atoms with van der Waals surface area (Å²) in [4.78, 5) is 11.3. The molecule has 0 radical (unpaired) electrons. The summed E-state index contributed by atoms with van der Waals surface area (Å²) in [7, 11) is 0. The first-order valence-corrected chi connectivity index (χ1v) is 5.80. The molecule has 0 unspecified atom stereocenters. The number of β-amino-alcohol motifs (C(OH)–C–C–N with tert-alkyl or cyclic N) is 1. The van der Waals surface area contributed by atoms with Crippen molar-refractivity contribution in [3.63, 3.8) is 0 Å². The molecule has 88 valence electrons. The van der Waals surface area contributed by atoms with Crippen molar-refractivity contribution in [2.45, 2.75) is 50.5 Å². The Kier molecular flexibility index (Phi) is 5.05. The van der Waals surface area contributed by atoms with Crippen LogP contribution in [0.2, 0.25) is 0 Å². The van der Waals surface area contributed by atoms with Crippen LogP contribution in [-0.4, -0.2) is 34.9 Å². The van der Waals surface area contributed by atoms with Gasteiger partial charge >= 0.3 is 5.97 Å². The van der Waals surface area contributed by atoms with Crippen molar-refractivity contribution in [1.82, 2.24) is 5.32 Å². The fourth-order valence-electron chi connectivity index (χ4n) is 2.27. The normalized spacial score (nSPS) is 21.7. The average Bonchev–Trinajstić information content (AvgIpc) is 2.16. The minimum Gasteiger partial charge on any atom is -0.480 e. The second-order valence-corrected chi connectivity index (χ2v) is 4.31. The topological polar surface area (TPSA) is 69.6 Å². The third-order valence-electron chi connectivity index (χ3n) is 3.19. The summed E-state index contributed by atoms with van der Waals surface area (Å²) in [6.07, 6.45) is 6.75. The van der Waals surface area contributed by atoms with Crippen molar-refractivity contribution >= 4 is 5.97 Å². The Morgan fingerprint density at radius 1 is 1.13 bits per heavy atom. The highest BCUT2D eigenvalue weighted by atomic mass is 16.4. The highest BCUT2D eigenvalue weighted by Crippen LogP contribution is 2.26. The lowest BCUT2D eigenvalue weighted by molar-refractivity contribution is -0.146. The molecule has 0 saturated heterocycles. The zero-order chi connectivity index (χ0) is 11.1. The van der Waals surface area contributed by atoms with E-state index in [1.807, 2.05) is 0 Å². The summed E-state index contributed by atoms with van der Waals surface area (Å²) >= 11 is 0. The van der Waals surface area contributed by atoms with Crippen LogP contribution in [-0.2, 0) is 4.79 Å². The highest BCUT2D eigenvalue weighted by molar-refractivity contribution is 5.78. The van der Waals surface area contributed by atoms with Crippen LogP contribution in [0, 0.1) is 0 Å². The fraction of sp³-hybridized carbons (Fsp3) is 0.909. The Bertz CT molecular complexity index is 192. The van der Waals surface area contributed by atoms with Gasteiger partial charge < -0.3 is 10.2 Å². The summed E-state index contributed by atoms with van der Waals surface area (Å²) in [5.41, 5.74) is -0.789. The first-order chi connectivity index (χ1) is 7.21. The molecule has 0 spiro atoms. The maximum atomic E-state index is 11.3. The van der Waals surface area contributed by atoms with Crippen LogP contribution in [0.3, 0.4) is 0 Å². The number of aliphatic hydroxyl groups is 1. The first-order valence-electron chi connectivity index (χ1n) is 5.80. The number of carboxylic acids is 1. The van der Waals surface area contributed by atoms with Gasteiger partial charge in [-0.25, -0.2) is 0 Å². The number of aliphatic hydroxyl groups excluding tert-OH is 1. The van der Waals surface area contributed by atoms with Crippen LogP contribution in [0.5, 0.6) is 0 Å². The standard InChI is InChI=1S/C11H21NO3/c13-9-8-12-11(10(14)15)6-4-2-1-3-5-7-11/h12-13H,1-9H2,(H,14,15). The molecule has 0 bridgehead atoms. The van der Waals surface area contributed by atoms with Crippen LogP contribution in [0.25, 0.3) is 0 Å². The van der Waals surface area contributed by atoms with Crippen LogP contribution in [0.4, 0.5) is 0 Å². The number of nitrogens with one attached hydrogen (secondary N) is 1. The highest BCUT2D eigenvalue weighted by Gasteiger charge is 2.37. The van der Waals surface area contributed by atoms with Crippen molar-refractivity contribution in [2.75, 3.05) is 13.2 Å². The Morgan fingerprint density at radius 3 is 2.13 bits per heavy atom. The summed E-state index contributed by atoms with van der Waals surface area (Å²) < 4.78 is 0. The van der Waals surface area contributed by atoms with E-state index < -0.39 is 11.5 Å². The maximum Gasteiger partial charge on any atom is 0.323 e. The molecule has 4 heteroatoms. The number of hydrogen-bond donors (Lipinski definition) is 3. The van der Waals surface area contributed by atoms with Crippen LogP contribution < -0.4 is 5.32 Å². The molecular formula is C11H21NO3. The van der Waals surface area contributed by atoms with Gasteiger partial charge in [0, 0.05) is 6.54 Å². The van der Waals surface area contributed by atoms with Gasteiger partial charge in [-0.2, -0.15) is 0 Å². The molecular weight excluding hydrogens is 194 g/mol.